The Morgan fingerprint density at radius 2 is 1.75 bits per heavy atom. The summed E-state index contributed by atoms with van der Waals surface area (Å²) in [6, 6.07) is 12.8. The maximum atomic E-state index is 12.5. The van der Waals surface area contributed by atoms with Gasteiger partial charge in [0.25, 0.3) is 0 Å². The quantitative estimate of drug-likeness (QED) is 0.468. The van der Waals surface area contributed by atoms with E-state index in [2.05, 4.69) is 9.46 Å². The average Bonchev–Trinajstić information content (AvgIpc) is 2.66. The zero-order valence-corrected chi connectivity index (χ0v) is 17.2. The van der Waals surface area contributed by atoms with Crippen molar-refractivity contribution in [3.63, 3.8) is 0 Å². The monoisotopic (exact) mass is 422 g/mol. The lowest BCUT2D eigenvalue weighted by atomic mass is 10.1. The SMILES string of the molecule is COC(=O)COc1ccc(C[C@@H](C)NS(=O)(=O)c2ccc(C(N)=S)cc2)cc1. The predicted molar refractivity (Wildman–Crippen MR) is 110 cm³/mol. The van der Waals surface area contributed by atoms with E-state index in [0.717, 1.165) is 5.56 Å². The van der Waals surface area contributed by atoms with Crippen molar-refractivity contribution in [3.8, 4) is 5.75 Å². The first-order valence-corrected chi connectivity index (χ1v) is 10.3. The first-order valence-electron chi connectivity index (χ1n) is 8.42. The highest BCUT2D eigenvalue weighted by Crippen LogP contribution is 2.15. The number of ether oxygens (including phenoxy) is 2. The summed E-state index contributed by atoms with van der Waals surface area (Å²) in [7, 11) is -2.37. The second kappa shape index (κ2) is 9.63. The van der Waals surface area contributed by atoms with Gasteiger partial charge in [-0.25, -0.2) is 17.9 Å². The summed E-state index contributed by atoms with van der Waals surface area (Å²) in [5.74, 6) is 0.0636. The van der Waals surface area contributed by atoms with Gasteiger partial charge in [-0.15, -0.1) is 0 Å². The van der Waals surface area contributed by atoms with Crippen molar-refractivity contribution in [1.29, 1.82) is 0 Å². The summed E-state index contributed by atoms with van der Waals surface area (Å²) >= 11 is 4.87. The van der Waals surface area contributed by atoms with Gasteiger partial charge in [0.15, 0.2) is 6.61 Å². The molecule has 0 aliphatic carbocycles. The van der Waals surface area contributed by atoms with Gasteiger partial charge in [0, 0.05) is 11.6 Å². The topological polar surface area (TPSA) is 108 Å². The molecule has 0 aliphatic heterocycles. The molecule has 0 aliphatic rings. The van der Waals surface area contributed by atoms with Crippen LogP contribution in [0.3, 0.4) is 0 Å². The predicted octanol–water partition coefficient (Wildman–Crippen LogP) is 1.78. The van der Waals surface area contributed by atoms with Crippen molar-refractivity contribution in [2.45, 2.75) is 24.3 Å². The minimum absolute atomic E-state index is 0.144. The maximum Gasteiger partial charge on any atom is 0.343 e. The number of methoxy groups -OCH3 is 1. The molecule has 3 N–H and O–H groups in total. The molecule has 2 aromatic rings. The van der Waals surface area contributed by atoms with Crippen LogP contribution in [0.15, 0.2) is 53.4 Å². The number of thiocarbonyl (C=S) groups is 1. The van der Waals surface area contributed by atoms with Crippen LogP contribution in [0.4, 0.5) is 0 Å². The number of hydrogen-bond donors (Lipinski definition) is 2. The summed E-state index contributed by atoms with van der Waals surface area (Å²) in [4.78, 5) is 11.4. The number of carbonyl (C=O) groups is 1. The van der Waals surface area contributed by atoms with Crippen LogP contribution < -0.4 is 15.2 Å². The number of hydrogen-bond acceptors (Lipinski definition) is 6. The molecular weight excluding hydrogens is 400 g/mol. The normalized spacial score (nSPS) is 12.2. The van der Waals surface area contributed by atoms with E-state index >= 15 is 0 Å². The van der Waals surface area contributed by atoms with Crippen molar-refractivity contribution < 1.29 is 22.7 Å². The first-order chi connectivity index (χ1) is 13.2. The summed E-state index contributed by atoms with van der Waals surface area (Å²) in [6.45, 7) is 1.61. The molecular formula is C19H22N2O5S2. The second-order valence-electron chi connectivity index (χ2n) is 6.12. The average molecular weight is 423 g/mol. The molecule has 2 rings (SSSR count). The van der Waals surface area contributed by atoms with Crippen LogP contribution >= 0.6 is 12.2 Å². The molecule has 2 aromatic carbocycles. The molecule has 0 heterocycles. The Labute approximate surface area is 169 Å². The Kier molecular flexibility index (Phi) is 7.50. The third-order valence-corrected chi connectivity index (χ3v) is 5.70. The molecule has 7 nitrogen and oxygen atoms in total. The van der Waals surface area contributed by atoms with E-state index in [4.69, 9.17) is 22.7 Å². The molecule has 0 fully saturated rings. The summed E-state index contributed by atoms with van der Waals surface area (Å²) in [5.41, 5.74) is 7.05. The van der Waals surface area contributed by atoms with Crippen LogP contribution in [0.2, 0.25) is 0 Å². The summed E-state index contributed by atoms with van der Waals surface area (Å²) in [6.07, 6.45) is 0.488. The van der Waals surface area contributed by atoms with Crippen molar-refractivity contribution in [3.05, 3.63) is 59.7 Å². The summed E-state index contributed by atoms with van der Waals surface area (Å²) < 4.78 is 37.4. The molecule has 0 saturated heterocycles. The molecule has 0 radical (unpaired) electrons. The Morgan fingerprint density at radius 3 is 2.29 bits per heavy atom. The van der Waals surface area contributed by atoms with Crippen LogP contribution in [-0.4, -0.2) is 39.1 Å². The Balaban J connectivity index is 1.95. The third-order valence-electron chi connectivity index (χ3n) is 3.86. The van der Waals surface area contributed by atoms with E-state index in [1.54, 1.807) is 31.2 Å². The third kappa shape index (κ3) is 6.29. The van der Waals surface area contributed by atoms with E-state index in [1.165, 1.54) is 19.2 Å². The number of nitrogens with one attached hydrogen (secondary N) is 1. The van der Waals surface area contributed by atoms with Crippen LogP contribution in [0.5, 0.6) is 5.75 Å². The number of sulfonamides is 1. The van der Waals surface area contributed by atoms with Crippen molar-refractivity contribution in [2.75, 3.05) is 13.7 Å². The zero-order chi connectivity index (χ0) is 20.7. The van der Waals surface area contributed by atoms with Gasteiger partial charge in [-0.3, -0.25) is 0 Å². The van der Waals surface area contributed by atoms with E-state index in [-0.39, 0.29) is 22.5 Å². The fraction of sp³-hybridized carbons (Fsp3) is 0.263. The smallest absolute Gasteiger partial charge is 0.343 e. The zero-order valence-electron chi connectivity index (χ0n) is 15.5. The molecule has 0 unspecified atom stereocenters. The summed E-state index contributed by atoms with van der Waals surface area (Å²) in [5, 5.41) is 0. The van der Waals surface area contributed by atoms with E-state index in [0.29, 0.717) is 17.7 Å². The van der Waals surface area contributed by atoms with Crippen molar-refractivity contribution in [2.24, 2.45) is 5.73 Å². The number of rotatable bonds is 9. The minimum atomic E-state index is -3.66. The standard InChI is InChI=1S/C19H22N2O5S2/c1-13(11-14-3-7-16(8-4-14)26-12-18(22)25-2)21-28(23,24)17-9-5-15(6-10-17)19(20)27/h3-10,13,21H,11-12H2,1-2H3,(H2,20,27)/t13-/m1/s1. The van der Waals surface area contributed by atoms with Gasteiger partial charge >= 0.3 is 5.97 Å². The van der Waals surface area contributed by atoms with Crippen LogP contribution in [0.25, 0.3) is 0 Å². The molecule has 1 atom stereocenters. The van der Waals surface area contributed by atoms with E-state index in [9.17, 15) is 13.2 Å². The Morgan fingerprint density at radius 1 is 1.14 bits per heavy atom. The number of benzene rings is 2. The van der Waals surface area contributed by atoms with E-state index < -0.39 is 16.0 Å². The number of carbonyl (C=O) groups excluding carboxylic acids is 1. The van der Waals surface area contributed by atoms with Gasteiger partial charge in [0.05, 0.1) is 12.0 Å². The van der Waals surface area contributed by atoms with Crippen molar-refractivity contribution >= 4 is 33.2 Å². The molecule has 28 heavy (non-hydrogen) atoms. The highest BCUT2D eigenvalue weighted by molar-refractivity contribution is 7.89. The lowest BCUT2D eigenvalue weighted by Crippen LogP contribution is -2.34. The van der Waals surface area contributed by atoms with Crippen LogP contribution in [-0.2, 0) is 26.0 Å². The van der Waals surface area contributed by atoms with Crippen LogP contribution in [0, 0.1) is 0 Å². The highest BCUT2D eigenvalue weighted by atomic mass is 32.2. The number of esters is 1. The Hall–Kier alpha value is -2.49. The molecule has 150 valence electrons. The van der Waals surface area contributed by atoms with Crippen molar-refractivity contribution in [1.82, 2.24) is 4.72 Å². The van der Waals surface area contributed by atoms with Gasteiger partial charge < -0.3 is 15.2 Å². The van der Waals surface area contributed by atoms with E-state index in [1.807, 2.05) is 12.1 Å². The van der Waals surface area contributed by atoms with Gasteiger partial charge in [-0.05, 0) is 43.2 Å². The lowest BCUT2D eigenvalue weighted by molar-refractivity contribution is -0.142. The second-order valence-corrected chi connectivity index (χ2v) is 8.28. The largest absolute Gasteiger partial charge is 0.482 e. The van der Waals surface area contributed by atoms with Gasteiger partial charge in [0.2, 0.25) is 10.0 Å². The molecule has 0 spiro atoms. The minimum Gasteiger partial charge on any atom is -0.482 e. The highest BCUT2D eigenvalue weighted by Gasteiger charge is 2.17. The molecule has 9 heteroatoms. The fourth-order valence-electron chi connectivity index (χ4n) is 2.45. The number of nitrogens with two attached hydrogens (primary N) is 1. The first kappa shape index (κ1) is 21.8. The lowest BCUT2D eigenvalue weighted by Gasteiger charge is -2.15. The molecule has 0 aromatic heterocycles. The molecule has 0 saturated carbocycles. The maximum absolute atomic E-state index is 12.5. The fourth-order valence-corrected chi connectivity index (χ4v) is 3.83. The molecule has 0 amide bonds. The van der Waals surface area contributed by atoms with Gasteiger partial charge in [0.1, 0.15) is 10.7 Å². The van der Waals surface area contributed by atoms with Gasteiger partial charge in [-0.2, -0.15) is 0 Å². The molecule has 0 bridgehead atoms. The Bertz CT molecular complexity index is 926. The van der Waals surface area contributed by atoms with Crippen LogP contribution in [0.1, 0.15) is 18.1 Å². The van der Waals surface area contributed by atoms with Gasteiger partial charge in [-0.1, -0.05) is 36.5 Å².